The third kappa shape index (κ3) is 3.79. The summed E-state index contributed by atoms with van der Waals surface area (Å²) in [6.07, 6.45) is -4.23. The van der Waals surface area contributed by atoms with Gasteiger partial charge in [0.15, 0.2) is 0 Å². The van der Waals surface area contributed by atoms with Crippen molar-refractivity contribution in [2.75, 3.05) is 18.9 Å². The van der Waals surface area contributed by atoms with Crippen molar-refractivity contribution < 1.29 is 22.9 Å². The third-order valence-electron chi connectivity index (χ3n) is 2.09. The number of carbonyl (C=O) groups is 1. The Morgan fingerprint density at radius 2 is 2.16 bits per heavy atom. The van der Waals surface area contributed by atoms with Crippen molar-refractivity contribution >= 4 is 17.3 Å². The normalized spacial score (nSPS) is 10.9. The molecule has 0 unspecified atom stereocenters. The summed E-state index contributed by atoms with van der Waals surface area (Å²) in [5.41, 5.74) is -2.34. The Hall–Kier alpha value is -2.39. The zero-order valence-electron chi connectivity index (χ0n) is 9.61. The molecule has 0 radical (unpaired) electrons. The summed E-state index contributed by atoms with van der Waals surface area (Å²) in [5, 5.41) is 15.1. The summed E-state index contributed by atoms with van der Waals surface area (Å²) >= 11 is 0. The topological polar surface area (TPSA) is 97.2 Å². The van der Waals surface area contributed by atoms with E-state index in [-0.39, 0.29) is 0 Å². The van der Waals surface area contributed by atoms with E-state index in [1.54, 1.807) is 0 Å². The summed E-state index contributed by atoms with van der Waals surface area (Å²) < 4.78 is 37.3. The van der Waals surface area contributed by atoms with E-state index in [0.717, 1.165) is 0 Å². The van der Waals surface area contributed by atoms with Crippen molar-refractivity contribution in [2.45, 2.75) is 6.18 Å². The van der Waals surface area contributed by atoms with E-state index in [0.29, 0.717) is 12.3 Å². The predicted octanol–water partition coefficient (Wildman–Crippen LogP) is 1.17. The van der Waals surface area contributed by atoms with Crippen LogP contribution in [0.25, 0.3) is 0 Å². The van der Waals surface area contributed by atoms with Gasteiger partial charge in [-0.2, -0.15) is 13.2 Å². The van der Waals surface area contributed by atoms with Crippen LogP contribution < -0.4 is 10.6 Å². The average molecular weight is 278 g/mol. The van der Waals surface area contributed by atoms with Crippen LogP contribution in [0.2, 0.25) is 0 Å². The molecule has 1 aromatic heterocycles. The molecule has 7 nitrogen and oxygen atoms in total. The third-order valence-corrected chi connectivity index (χ3v) is 2.09. The maximum Gasteiger partial charge on any atom is 0.433 e. The van der Waals surface area contributed by atoms with Crippen LogP contribution in [0.3, 0.4) is 0 Å². The fourth-order valence-electron chi connectivity index (χ4n) is 1.15. The van der Waals surface area contributed by atoms with Gasteiger partial charge in [-0.25, -0.2) is 4.98 Å². The molecule has 1 amide bonds. The Morgan fingerprint density at radius 3 is 2.63 bits per heavy atom. The Labute approximate surface area is 105 Å². The van der Waals surface area contributed by atoms with Gasteiger partial charge in [-0.05, 0) is 6.07 Å². The van der Waals surface area contributed by atoms with Gasteiger partial charge in [0.1, 0.15) is 17.6 Å². The zero-order valence-corrected chi connectivity index (χ0v) is 9.61. The first-order valence-corrected chi connectivity index (χ1v) is 4.91. The molecule has 10 heteroatoms. The number of carbonyl (C=O) groups excluding carboxylic acids is 1. The number of anilines is 1. The number of hydrogen-bond donors (Lipinski definition) is 2. The van der Waals surface area contributed by atoms with Crippen molar-refractivity contribution in [1.29, 1.82) is 0 Å². The molecule has 0 aliphatic carbocycles. The molecule has 0 saturated carbocycles. The summed E-state index contributed by atoms with van der Waals surface area (Å²) in [4.78, 5) is 23.7. The lowest BCUT2D eigenvalue weighted by Crippen LogP contribution is -2.26. The molecule has 0 saturated heterocycles. The number of nitro groups is 1. The van der Waals surface area contributed by atoms with Crippen LogP contribution in [0.5, 0.6) is 0 Å². The molecule has 2 N–H and O–H groups in total. The van der Waals surface area contributed by atoms with Gasteiger partial charge in [0, 0.05) is 7.05 Å². The van der Waals surface area contributed by atoms with Crippen LogP contribution in [-0.2, 0) is 11.0 Å². The van der Waals surface area contributed by atoms with E-state index >= 15 is 0 Å². The fourth-order valence-corrected chi connectivity index (χ4v) is 1.15. The highest BCUT2D eigenvalue weighted by Crippen LogP contribution is 2.32. The summed E-state index contributed by atoms with van der Waals surface area (Å²) in [5.74, 6) is -0.528. The highest BCUT2D eigenvalue weighted by molar-refractivity contribution is 5.81. The number of aromatic nitrogens is 1. The molecule has 0 aliphatic rings. The van der Waals surface area contributed by atoms with Crippen LogP contribution >= 0.6 is 0 Å². The lowest BCUT2D eigenvalue weighted by Gasteiger charge is -2.09. The zero-order chi connectivity index (χ0) is 14.6. The van der Waals surface area contributed by atoms with Crippen molar-refractivity contribution in [3.63, 3.8) is 0 Å². The molecule has 1 aromatic rings. The van der Waals surface area contributed by atoms with E-state index in [1.165, 1.54) is 7.05 Å². The number of hydrogen-bond acceptors (Lipinski definition) is 5. The summed E-state index contributed by atoms with van der Waals surface area (Å²) in [6.45, 7) is -0.390. The SMILES string of the molecule is CNC(=O)CNc1cc(C(F)(F)F)ncc1[N+](=O)[O-]. The number of amides is 1. The van der Waals surface area contributed by atoms with Gasteiger partial charge in [-0.1, -0.05) is 0 Å². The average Bonchev–Trinajstić information content (AvgIpc) is 2.34. The van der Waals surface area contributed by atoms with Crippen LogP contribution in [0, 0.1) is 10.1 Å². The van der Waals surface area contributed by atoms with Gasteiger partial charge >= 0.3 is 11.9 Å². The standard InChI is InChI=1S/C9H9F3N4O3/c1-13-8(17)4-14-5-2-7(9(10,11)12)15-3-6(5)16(18)19/h2-3H,4H2,1H3,(H,13,17)(H,14,15). The lowest BCUT2D eigenvalue weighted by molar-refractivity contribution is -0.384. The molecule has 1 heterocycles. The second-order valence-electron chi connectivity index (χ2n) is 3.37. The van der Waals surface area contributed by atoms with E-state index in [1.807, 2.05) is 0 Å². The predicted molar refractivity (Wildman–Crippen MR) is 58.4 cm³/mol. The van der Waals surface area contributed by atoms with E-state index in [2.05, 4.69) is 15.6 Å². The number of alkyl halides is 3. The van der Waals surface area contributed by atoms with Crippen LogP contribution in [0.15, 0.2) is 12.3 Å². The van der Waals surface area contributed by atoms with Gasteiger partial charge < -0.3 is 10.6 Å². The van der Waals surface area contributed by atoms with Gasteiger partial charge in [0.25, 0.3) is 0 Å². The van der Waals surface area contributed by atoms with E-state index in [4.69, 9.17) is 0 Å². The maximum atomic E-state index is 12.4. The largest absolute Gasteiger partial charge is 0.433 e. The minimum atomic E-state index is -4.72. The summed E-state index contributed by atoms with van der Waals surface area (Å²) in [6, 6.07) is 0.487. The number of rotatable bonds is 4. The maximum absolute atomic E-state index is 12.4. The van der Waals surface area contributed by atoms with Crippen LogP contribution in [0.1, 0.15) is 5.69 Å². The number of halogens is 3. The molecule has 0 atom stereocenters. The Bertz CT molecular complexity index is 504. The van der Waals surface area contributed by atoms with Crippen molar-refractivity contribution in [1.82, 2.24) is 10.3 Å². The number of pyridine rings is 1. The molecule has 19 heavy (non-hydrogen) atoms. The van der Waals surface area contributed by atoms with Gasteiger partial charge in [-0.3, -0.25) is 14.9 Å². The molecule has 0 aromatic carbocycles. The van der Waals surface area contributed by atoms with Gasteiger partial charge in [-0.15, -0.1) is 0 Å². The molecule has 1 rings (SSSR count). The monoisotopic (exact) mass is 278 g/mol. The van der Waals surface area contributed by atoms with Crippen molar-refractivity contribution in [3.05, 3.63) is 28.1 Å². The molecule has 0 spiro atoms. The minimum Gasteiger partial charge on any atom is -0.370 e. The van der Waals surface area contributed by atoms with Crippen LogP contribution in [-0.4, -0.2) is 29.4 Å². The Morgan fingerprint density at radius 1 is 1.53 bits per heavy atom. The highest BCUT2D eigenvalue weighted by Gasteiger charge is 2.34. The first-order valence-electron chi connectivity index (χ1n) is 4.91. The molecule has 0 fully saturated rings. The molecular formula is C9H9F3N4O3. The van der Waals surface area contributed by atoms with Gasteiger partial charge in [0.2, 0.25) is 5.91 Å². The second kappa shape index (κ2) is 5.50. The first kappa shape index (κ1) is 14.7. The minimum absolute atomic E-state index is 0.390. The van der Waals surface area contributed by atoms with Gasteiger partial charge in [0.05, 0.1) is 11.5 Å². The molecule has 0 bridgehead atoms. The lowest BCUT2D eigenvalue weighted by atomic mass is 10.2. The Kier molecular flexibility index (Phi) is 4.25. The highest BCUT2D eigenvalue weighted by atomic mass is 19.4. The second-order valence-corrected chi connectivity index (χ2v) is 3.37. The van der Waals surface area contributed by atoms with Crippen LogP contribution in [0.4, 0.5) is 24.5 Å². The fraction of sp³-hybridized carbons (Fsp3) is 0.333. The first-order chi connectivity index (χ1) is 8.75. The van der Waals surface area contributed by atoms with E-state index < -0.39 is 40.6 Å². The van der Waals surface area contributed by atoms with Crippen molar-refractivity contribution in [2.24, 2.45) is 0 Å². The number of nitrogens with one attached hydrogen (secondary N) is 2. The number of nitrogens with zero attached hydrogens (tertiary/aromatic N) is 2. The number of likely N-dealkylation sites (N-methyl/N-ethyl adjacent to an activating group) is 1. The molecule has 0 aliphatic heterocycles. The Balaban J connectivity index is 3.09. The molecular weight excluding hydrogens is 269 g/mol. The quantitative estimate of drug-likeness (QED) is 0.636. The van der Waals surface area contributed by atoms with Crippen molar-refractivity contribution in [3.8, 4) is 0 Å². The van der Waals surface area contributed by atoms with E-state index in [9.17, 15) is 28.1 Å². The summed E-state index contributed by atoms with van der Waals surface area (Å²) in [7, 11) is 1.33. The smallest absolute Gasteiger partial charge is 0.370 e. The molecule has 104 valence electrons.